The van der Waals surface area contributed by atoms with Crippen LogP contribution in [0.15, 0.2) is 37.1 Å². The summed E-state index contributed by atoms with van der Waals surface area (Å²) in [5, 5.41) is 6.36. The van der Waals surface area contributed by atoms with Crippen molar-refractivity contribution < 1.29 is 17.9 Å². The van der Waals surface area contributed by atoms with Crippen molar-refractivity contribution in [3.63, 3.8) is 0 Å². The van der Waals surface area contributed by atoms with E-state index >= 15 is 0 Å². The first-order valence-corrected chi connectivity index (χ1v) is 7.92. The van der Waals surface area contributed by atoms with E-state index in [-0.39, 0.29) is 11.8 Å². The van der Waals surface area contributed by atoms with Crippen molar-refractivity contribution in [2.24, 2.45) is 0 Å². The van der Waals surface area contributed by atoms with Gasteiger partial charge in [0.05, 0.1) is 7.11 Å². The predicted octanol–water partition coefficient (Wildman–Crippen LogP) is 2.81. The predicted molar refractivity (Wildman–Crippen MR) is 90.7 cm³/mol. The Morgan fingerprint density at radius 2 is 2.04 bits per heavy atom. The second-order valence-electron chi connectivity index (χ2n) is 5.85. The number of halogens is 3. The smallest absolute Gasteiger partial charge is 0.408 e. The van der Waals surface area contributed by atoms with E-state index in [2.05, 4.69) is 25.4 Å². The van der Waals surface area contributed by atoms with Gasteiger partial charge >= 0.3 is 6.18 Å². The van der Waals surface area contributed by atoms with Crippen molar-refractivity contribution >= 4 is 17.2 Å². The van der Waals surface area contributed by atoms with Gasteiger partial charge in [0.1, 0.15) is 11.6 Å². The van der Waals surface area contributed by atoms with Crippen LogP contribution in [0.2, 0.25) is 0 Å². The molecule has 0 spiro atoms. The Morgan fingerprint density at radius 3 is 2.78 bits per heavy atom. The monoisotopic (exact) mass is 377 g/mol. The quantitative estimate of drug-likeness (QED) is 0.589. The van der Waals surface area contributed by atoms with Gasteiger partial charge in [0, 0.05) is 42.1 Å². The van der Waals surface area contributed by atoms with Crippen LogP contribution in [0, 0.1) is 0 Å². The fraction of sp³-hybridized carbons (Fsp3) is 0.250. The lowest BCUT2D eigenvalue weighted by Crippen LogP contribution is -2.34. The average molecular weight is 377 g/mol. The lowest BCUT2D eigenvalue weighted by molar-refractivity contribution is -0.138. The number of alkyl halides is 3. The molecule has 0 bridgehead atoms. The van der Waals surface area contributed by atoms with Crippen molar-refractivity contribution in [2.45, 2.75) is 19.1 Å². The molecule has 4 aromatic heterocycles. The molecule has 0 fully saturated rings. The Bertz CT molecular complexity index is 1120. The summed E-state index contributed by atoms with van der Waals surface area (Å²) < 4.78 is 46.8. The summed E-state index contributed by atoms with van der Waals surface area (Å²) in [6, 6.07) is -0.0361. The highest BCUT2D eigenvalue weighted by Gasteiger charge is 2.36. The number of fused-ring (bicyclic) bond motifs is 2. The molecule has 0 aliphatic rings. The van der Waals surface area contributed by atoms with Crippen LogP contribution < -0.4 is 10.1 Å². The molecule has 8 nitrogen and oxygen atoms in total. The third-order valence-corrected chi connectivity index (χ3v) is 4.07. The standard InChI is InChI=1S/C16H14F3N7O/c1-9(16(17,18)19)22-14-23-13(27-2)12-11(3-5-26(12)24-14)10-7-21-15-20-4-6-25(15)8-10/h3-9H,1-2H3,(H,22,24)/t9-/m1/s1. The van der Waals surface area contributed by atoms with Crippen LogP contribution in [-0.4, -0.2) is 48.3 Å². The Balaban J connectivity index is 1.80. The lowest BCUT2D eigenvalue weighted by Gasteiger charge is -2.17. The number of rotatable bonds is 4. The third-order valence-electron chi connectivity index (χ3n) is 4.07. The van der Waals surface area contributed by atoms with E-state index in [1.165, 1.54) is 11.6 Å². The average Bonchev–Trinajstić information content (AvgIpc) is 3.26. The Kier molecular flexibility index (Phi) is 3.86. The second-order valence-corrected chi connectivity index (χ2v) is 5.85. The van der Waals surface area contributed by atoms with Gasteiger partial charge in [-0.2, -0.15) is 18.2 Å². The molecule has 0 saturated carbocycles. The highest BCUT2D eigenvalue weighted by Crippen LogP contribution is 2.31. The molecule has 0 amide bonds. The summed E-state index contributed by atoms with van der Waals surface area (Å²) in [6.07, 6.45) is 4.08. The van der Waals surface area contributed by atoms with Gasteiger partial charge in [-0.1, -0.05) is 0 Å². The molecule has 11 heteroatoms. The normalized spacial score (nSPS) is 13.2. The van der Waals surface area contributed by atoms with Crippen LogP contribution in [-0.2, 0) is 0 Å². The molecule has 0 saturated heterocycles. The van der Waals surface area contributed by atoms with E-state index < -0.39 is 12.2 Å². The maximum atomic E-state index is 12.8. The van der Waals surface area contributed by atoms with Crippen molar-refractivity contribution in [1.29, 1.82) is 0 Å². The molecule has 0 unspecified atom stereocenters. The van der Waals surface area contributed by atoms with Crippen molar-refractivity contribution in [3.05, 3.63) is 37.1 Å². The summed E-state index contributed by atoms with van der Waals surface area (Å²) in [5.41, 5.74) is 2.00. The van der Waals surface area contributed by atoms with Gasteiger partial charge < -0.3 is 10.1 Å². The fourth-order valence-electron chi connectivity index (χ4n) is 2.66. The van der Waals surface area contributed by atoms with E-state index in [0.29, 0.717) is 11.3 Å². The molecule has 0 aliphatic heterocycles. The van der Waals surface area contributed by atoms with Gasteiger partial charge in [-0.3, -0.25) is 4.40 Å². The first-order chi connectivity index (χ1) is 12.9. The van der Waals surface area contributed by atoms with Gasteiger partial charge in [-0.05, 0) is 13.0 Å². The summed E-state index contributed by atoms with van der Waals surface area (Å²) in [5.74, 6) is 0.514. The molecule has 27 heavy (non-hydrogen) atoms. The largest absolute Gasteiger partial charge is 0.479 e. The summed E-state index contributed by atoms with van der Waals surface area (Å²) in [4.78, 5) is 12.4. The molecule has 1 atom stereocenters. The third kappa shape index (κ3) is 3.00. The molecule has 4 rings (SSSR count). The molecule has 0 aromatic carbocycles. The van der Waals surface area contributed by atoms with Crippen LogP contribution in [0.1, 0.15) is 6.92 Å². The van der Waals surface area contributed by atoms with Crippen LogP contribution in [0.25, 0.3) is 22.4 Å². The Labute approximate surface area is 150 Å². The van der Waals surface area contributed by atoms with Gasteiger partial charge in [-0.15, -0.1) is 5.10 Å². The molecule has 0 aliphatic carbocycles. The molecule has 4 aromatic rings. The lowest BCUT2D eigenvalue weighted by atomic mass is 10.1. The second kappa shape index (κ2) is 6.11. The van der Waals surface area contributed by atoms with Crippen LogP contribution >= 0.6 is 0 Å². The molecular weight excluding hydrogens is 363 g/mol. The van der Waals surface area contributed by atoms with Crippen LogP contribution in [0.4, 0.5) is 19.1 Å². The molecular formula is C16H14F3N7O. The van der Waals surface area contributed by atoms with Crippen LogP contribution in [0.5, 0.6) is 5.88 Å². The van der Waals surface area contributed by atoms with Crippen LogP contribution in [0.3, 0.4) is 0 Å². The summed E-state index contributed by atoms with van der Waals surface area (Å²) in [6.45, 7) is 0.993. The number of anilines is 1. The minimum atomic E-state index is -4.42. The van der Waals surface area contributed by atoms with E-state index in [1.54, 1.807) is 35.3 Å². The minimum absolute atomic E-state index is 0.146. The number of hydrogen-bond acceptors (Lipinski definition) is 6. The van der Waals surface area contributed by atoms with E-state index in [4.69, 9.17) is 4.74 Å². The Morgan fingerprint density at radius 1 is 1.22 bits per heavy atom. The number of nitrogens with zero attached hydrogens (tertiary/aromatic N) is 6. The number of hydrogen-bond donors (Lipinski definition) is 1. The summed E-state index contributed by atoms with van der Waals surface area (Å²) in [7, 11) is 1.40. The number of imidazole rings is 1. The molecule has 0 radical (unpaired) electrons. The first kappa shape index (κ1) is 17.1. The zero-order valence-electron chi connectivity index (χ0n) is 14.3. The SMILES string of the molecule is COc1nc(N[C@H](C)C(F)(F)F)nn2ccc(-c3cnc4nccn4c3)c12. The van der Waals surface area contributed by atoms with Gasteiger partial charge in [-0.25, -0.2) is 14.5 Å². The first-order valence-electron chi connectivity index (χ1n) is 7.92. The zero-order valence-corrected chi connectivity index (χ0v) is 14.3. The van der Waals surface area contributed by atoms with E-state index in [9.17, 15) is 13.2 Å². The number of ether oxygens (including phenoxy) is 1. The summed E-state index contributed by atoms with van der Waals surface area (Å²) >= 11 is 0. The van der Waals surface area contributed by atoms with Gasteiger partial charge in [0.15, 0.2) is 0 Å². The van der Waals surface area contributed by atoms with Crippen molar-refractivity contribution in [2.75, 3.05) is 12.4 Å². The zero-order chi connectivity index (χ0) is 19.2. The molecule has 140 valence electrons. The highest BCUT2D eigenvalue weighted by atomic mass is 19.4. The van der Waals surface area contributed by atoms with E-state index in [1.807, 2.05) is 6.20 Å². The Hall–Kier alpha value is -3.37. The molecule has 1 N–H and O–H groups in total. The van der Waals surface area contributed by atoms with Gasteiger partial charge in [0.25, 0.3) is 0 Å². The number of methoxy groups -OCH3 is 1. The van der Waals surface area contributed by atoms with Gasteiger partial charge in [0.2, 0.25) is 17.6 Å². The number of nitrogens with one attached hydrogen (secondary N) is 1. The highest BCUT2D eigenvalue weighted by molar-refractivity contribution is 5.84. The maximum absolute atomic E-state index is 12.8. The van der Waals surface area contributed by atoms with Crippen molar-refractivity contribution in [1.82, 2.24) is 29.0 Å². The minimum Gasteiger partial charge on any atom is -0.479 e. The topological polar surface area (TPSA) is 81.6 Å². The van der Waals surface area contributed by atoms with E-state index in [0.717, 1.165) is 18.1 Å². The fourth-order valence-corrected chi connectivity index (χ4v) is 2.66. The maximum Gasteiger partial charge on any atom is 0.408 e. The van der Waals surface area contributed by atoms with Crippen molar-refractivity contribution in [3.8, 4) is 17.0 Å². The number of aromatic nitrogens is 6. The molecule has 4 heterocycles.